The Kier molecular flexibility index (Phi) is 7.91. The molecule has 1 saturated heterocycles. The molecule has 0 aliphatic carbocycles. The average Bonchev–Trinajstić information content (AvgIpc) is 3.00. The van der Waals surface area contributed by atoms with Crippen LogP contribution in [0.4, 0.5) is 10.2 Å². The number of hydrogen-bond donors (Lipinski definition) is 0. The number of anilines is 1. The number of halogens is 1. The van der Waals surface area contributed by atoms with E-state index in [0.717, 1.165) is 22.6 Å². The van der Waals surface area contributed by atoms with Crippen molar-refractivity contribution in [2.24, 2.45) is 0 Å². The van der Waals surface area contributed by atoms with Gasteiger partial charge >= 0.3 is 0 Å². The van der Waals surface area contributed by atoms with Crippen molar-refractivity contribution in [2.75, 3.05) is 37.6 Å². The molecule has 2 amide bonds. The summed E-state index contributed by atoms with van der Waals surface area (Å²) < 4.78 is 13.9. The minimum Gasteiger partial charge on any atom is -0.352 e. The van der Waals surface area contributed by atoms with Crippen molar-refractivity contribution in [2.45, 2.75) is 13.0 Å². The first-order valence-corrected chi connectivity index (χ1v) is 13.0. The Hall–Kier alpha value is -4.59. The molecule has 7 nitrogen and oxygen atoms in total. The molecular weight excluding hydrogens is 493 g/mol. The van der Waals surface area contributed by atoms with E-state index in [1.807, 2.05) is 79.7 Å². The minimum absolute atomic E-state index is 0.100. The van der Waals surface area contributed by atoms with E-state index in [1.165, 1.54) is 23.1 Å². The molecular formula is C31H30FN5O2. The summed E-state index contributed by atoms with van der Waals surface area (Å²) in [6.45, 7) is 4.01. The Bertz CT molecular complexity index is 1410. The fourth-order valence-corrected chi connectivity index (χ4v) is 4.77. The van der Waals surface area contributed by atoms with E-state index >= 15 is 0 Å². The predicted molar refractivity (Wildman–Crippen MR) is 149 cm³/mol. The van der Waals surface area contributed by atoms with E-state index in [4.69, 9.17) is 0 Å². The lowest BCUT2D eigenvalue weighted by atomic mass is 10.1. The molecule has 1 atom stereocenters. The molecule has 39 heavy (non-hydrogen) atoms. The first kappa shape index (κ1) is 26.0. The van der Waals surface area contributed by atoms with Crippen LogP contribution in [0.1, 0.15) is 28.9 Å². The second kappa shape index (κ2) is 11.9. The van der Waals surface area contributed by atoms with Crippen molar-refractivity contribution in [3.8, 4) is 11.3 Å². The second-order valence-corrected chi connectivity index (χ2v) is 9.54. The number of nitrogens with zero attached hydrogens (tertiary/aromatic N) is 5. The zero-order chi connectivity index (χ0) is 27.2. The Balaban J connectivity index is 1.25. The minimum atomic E-state index is -0.490. The molecule has 0 radical (unpaired) electrons. The zero-order valence-corrected chi connectivity index (χ0v) is 21.8. The van der Waals surface area contributed by atoms with Gasteiger partial charge in [-0.25, -0.2) is 4.39 Å². The summed E-state index contributed by atoms with van der Waals surface area (Å²) in [5.74, 6) is -0.253. The largest absolute Gasteiger partial charge is 0.352 e. The third-order valence-corrected chi connectivity index (χ3v) is 7.06. The SMILES string of the molecule is C[C@H](c1ccccc1)N(CC(=O)N1CCN(c2ccc(-c3ccccc3)nn2)CC1)C(=O)c1cccc(F)c1. The maximum atomic E-state index is 13.9. The number of carbonyl (C=O) groups is 2. The van der Waals surface area contributed by atoms with Crippen molar-refractivity contribution in [3.63, 3.8) is 0 Å². The van der Waals surface area contributed by atoms with Gasteiger partial charge in [-0.05, 0) is 42.8 Å². The highest BCUT2D eigenvalue weighted by Gasteiger charge is 2.29. The predicted octanol–water partition coefficient (Wildman–Crippen LogP) is 4.83. The first-order valence-electron chi connectivity index (χ1n) is 13.0. The summed E-state index contributed by atoms with van der Waals surface area (Å²) in [6, 6.07) is 28.5. The molecule has 1 aliphatic heterocycles. The highest BCUT2D eigenvalue weighted by Crippen LogP contribution is 2.24. The number of amides is 2. The summed E-state index contributed by atoms with van der Waals surface area (Å²) >= 11 is 0. The van der Waals surface area contributed by atoms with Gasteiger partial charge in [-0.2, -0.15) is 0 Å². The molecule has 0 bridgehead atoms. The van der Waals surface area contributed by atoms with Gasteiger partial charge in [0.1, 0.15) is 12.4 Å². The molecule has 1 aliphatic rings. The molecule has 2 heterocycles. The molecule has 1 fully saturated rings. The van der Waals surface area contributed by atoms with E-state index in [0.29, 0.717) is 26.2 Å². The molecule has 8 heteroatoms. The molecule has 0 unspecified atom stereocenters. The topological polar surface area (TPSA) is 69.6 Å². The summed E-state index contributed by atoms with van der Waals surface area (Å²) in [4.78, 5) is 32.3. The zero-order valence-electron chi connectivity index (χ0n) is 21.8. The van der Waals surface area contributed by atoms with Crippen LogP contribution in [0.2, 0.25) is 0 Å². The van der Waals surface area contributed by atoms with Crippen LogP contribution in [0.15, 0.2) is 97.1 Å². The summed E-state index contributed by atoms with van der Waals surface area (Å²) in [5, 5.41) is 8.78. The Morgan fingerprint density at radius 1 is 0.846 bits per heavy atom. The summed E-state index contributed by atoms with van der Waals surface area (Å²) in [6.07, 6.45) is 0. The molecule has 1 aromatic heterocycles. The van der Waals surface area contributed by atoms with E-state index < -0.39 is 5.82 Å². The summed E-state index contributed by atoms with van der Waals surface area (Å²) in [7, 11) is 0. The number of rotatable bonds is 7. The first-order chi connectivity index (χ1) is 19.0. The molecule has 0 spiro atoms. The van der Waals surface area contributed by atoms with E-state index in [2.05, 4.69) is 15.1 Å². The highest BCUT2D eigenvalue weighted by molar-refractivity contribution is 5.96. The van der Waals surface area contributed by atoms with Crippen molar-refractivity contribution in [1.82, 2.24) is 20.0 Å². The van der Waals surface area contributed by atoms with Crippen LogP contribution in [0.25, 0.3) is 11.3 Å². The number of aromatic nitrogens is 2. The van der Waals surface area contributed by atoms with Crippen LogP contribution in [-0.4, -0.2) is 64.5 Å². The van der Waals surface area contributed by atoms with Crippen LogP contribution in [0, 0.1) is 5.82 Å². The lowest BCUT2D eigenvalue weighted by Crippen LogP contribution is -2.52. The number of carbonyl (C=O) groups excluding carboxylic acids is 2. The van der Waals surface area contributed by atoms with Gasteiger partial charge in [0.15, 0.2) is 5.82 Å². The number of piperazine rings is 1. The van der Waals surface area contributed by atoms with Gasteiger partial charge in [0, 0.05) is 37.3 Å². The smallest absolute Gasteiger partial charge is 0.254 e. The van der Waals surface area contributed by atoms with Crippen molar-refractivity contribution >= 4 is 17.6 Å². The Labute approximate surface area is 227 Å². The molecule has 198 valence electrons. The van der Waals surface area contributed by atoms with Gasteiger partial charge in [-0.15, -0.1) is 10.2 Å². The van der Waals surface area contributed by atoms with Crippen molar-refractivity contribution in [3.05, 3.63) is 114 Å². The molecule has 0 N–H and O–H groups in total. The van der Waals surface area contributed by atoms with Crippen LogP contribution in [0.3, 0.4) is 0 Å². The quantitative estimate of drug-likeness (QED) is 0.347. The van der Waals surface area contributed by atoms with Crippen LogP contribution in [-0.2, 0) is 4.79 Å². The van der Waals surface area contributed by atoms with Crippen molar-refractivity contribution < 1.29 is 14.0 Å². The standard InChI is InChI=1S/C31H30FN5O2/c1-23(24-9-4-2-5-10-24)37(31(39)26-13-8-14-27(32)21-26)22-30(38)36-19-17-35(18-20-36)29-16-15-28(33-34-29)25-11-6-3-7-12-25/h2-16,21,23H,17-20,22H2,1H3/t23-/m1/s1. The lowest BCUT2D eigenvalue weighted by Gasteiger charge is -2.37. The van der Waals surface area contributed by atoms with Crippen LogP contribution >= 0.6 is 0 Å². The van der Waals surface area contributed by atoms with Gasteiger partial charge in [-0.1, -0.05) is 66.7 Å². The van der Waals surface area contributed by atoms with Crippen LogP contribution < -0.4 is 4.90 Å². The van der Waals surface area contributed by atoms with Crippen LogP contribution in [0.5, 0.6) is 0 Å². The monoisotopic (exact) mass is 523 g/mol. The maximum Gasteiger partial charge on any atom is 0.254 e. The fraction of sp³-hybridized carbons (Fsp3) is 0.226. The molecule has 0 saturated carbocycles. The van der Waals surface area contributed by atoms with Gasteiger partial charge in [0.25, 0.3) is 5.91 Å². The van der Waals surface area contributed by atoms with Crippen molar-refractivity contribution in [1.29, 1.82) is 0 Å². The normalized spacial score (nSPS) is 14.1. The fourth-order valence-electron chi connectivity index (χ4n) is 4.77. The van der Waals surface area contributed by atoms with E-state index in [1.54, 1.807) is 11.0 Å². The van der Waals surface area contributed by atoms with E-state index in [-0.39, 0.29) is 30.0 Å². The van der Waals surface area contributed by atoms with Gasteiger partial charge < -0.3 is 14.7 Å². The molecule has 3 aromatic carbocycles. The number of benzene rings is 3. The Morgan fingerprint density at radius 3 is 2.18 bits per heavy atom. The van der Waals surface area contributed by atoms with Gasteiger partial charge in [-0.3, -0.25) is 9.59 Å². The molecule has 4 aromatic rings. The third kappa shape index (κ3) is 6.12. The van der Waals surface area contributed by atoms with Gasteiger partial charge in [0.2, 0.25) is 5.91 Å². The summed E-state index contributed by atoms with van der Waals surface area (Å²) in [5.41, 5.74) is 2.93. The molecule has 5 rings (SSSR count). The average molecular weight is 524 g/mol. The van der Waals surface area contributed by atoms with Gasteiger partial charge in [0.05, 0.1) is 11.7 Å². The lowest BCUT2D eigenvalue weighted by molar-refractivity contribution is -0.132. The third-order valence-electron chi connectivity index (χ3n) is 7.06. The number of hydrogen-bond acceptors (Lipinski definition) is 5. The maximum absolute atomic E-state index is 13.9. The Morgan fingerprint density at radius 2 is 1.54 bits per heavy atom. The second-order valence-electron chi connectivity index (χ2n) is 9.54. The highest BCUT2D eigenvalue weighted by atomic mass is 19.1. The van der Waals surface area contributed by atoms with E-state index in [9.17, 15) is 14.0 Å².